The van der Waals surface area contributed by atoms with Crippen LogP contribution in [0.15, 0.2) is 23.1 Å². The Morgan fingerprint density at radius 1 is 1.30 bits per heavy atom. The van der Waals surface area contributed by atoms with Crippen LogP contribution in [0.25, 0.3) is 5.69 Å². The molecule has 0 bridgehead atoms. The van der Waals surface area contributed by atoms with Crippen molar-refractivity contribution in [2.75, 3.05) is 24.5 Å². The Morgan fingerprint density at radius 2 is 2.04 bits per heavy atom. The Balaban J connectivity index is 1.82. The van der Waals surface area contributed by atoms with Crippen LogP contribution in [0.4, 0.5) is 10.6 Å². The zero-order valence-corrected chi connectivity index (χ0v) is 17.9. The lowest BCUT2D eigenvalue weighted by Crippen LogP contribution is -2.55. The van der Waals surface area contributed by atoms with Gasteiger partial charge in [-0.05, 0) is 56.6 Å². The van der Waals surface area contributed by atoms with Crippen molar-refractivity contribution in [3.8, 4) is 5.69 Å². The zero-order chi connectivity index (χ0) is 19.8. The smallest absolute Gasteiger partial charge is 0.410 e. The molecule has 0 spiro atoms. The average Bonchev–Trinajstić information content (AvgIpc) is 3.00. The molecule has 0 aliphatic carbocycles. The van der Waals surface area contributed by atoms with Crippen LogP contribution in [0, 0.1) is 6.92 Å². The lowest BCUT2D eigenvalue weighted by molar-refractivity contribution is 0.0218. The van der Waals surface area contributed by atoms with Gasteiger partial charge in [0.25, 0.3) is 0 Å². The van der Waals surface area contributed by atoms with E-state index in [0.717, 1.165) is 16.0 Å². The van der Waals surface area contributed by atoms with Crippen LogP contribution in [0.5, 0.6) is 0 Å². The van der Waals surface area contributed by atoms with E-state index in [4.69, 9.17) is 4.74 Å². The number of piperazine rings is 1. The number of nitrogens with zero attached hydrogens (tertiary/aromatic N) is 6. The molecule has 3 heterocycles. The molecule has 0 radical (unpaired) electrons. The maximum absolute atomic E-state index is 12.4. The number of anilines is 1. The molecule has 0 unspecified atom stereocenters. The van der Waals surface area contributed by atoms with Gasteiger partial charge in [0.05, 0.1) is 0 Å². The van der Waals surface area contributed by atoms with Gasteiger partial charge in [-0.1, -0.05) is 0 Å². The molecule has 1 fully saturated rings. The van der Waals surface area contributed by atoms with E-state index < -0.39 is 5.60 Å². The second kappa shape index (κ2) is 7.46. The number of halogens is 1. The summed E-state index contributed by atoms with van der Waals surface area (Å²) in [5, 5.41) is 4.42. The molecule has 1 aliphatic rings. The third kappa shape index (κ3) is 4.58. The average molecular weight is 437 g/mol. The normalized spacial score (nSPS) is 17.9. The molecular formula is C18H25BrN6O2. The molecule has 1 amide bonds. The first-order valence-corrected chi connectivity index (χ1v) is 9.72. The van der Waals surface area contributed by atoms with Crippen LogP contribution in [0.2, 0.25) is 0 Å². The zero-order valence-electron chi connectivity index (χ0n) is 16.3. The number of carbonyl (C=O) groups excluding carboxylic acids is 1. The molecule has 0 N–H and O–H groups in total. The highest BCUT2D eigenvalue weighted by atomic mass is 79.9. The molecule has 1 aliphatic heterocycles. The van der Waals surface area contributed by atoms with Gasteiger partial charge in [0.1, 0.15) is 23.4 Å². The molecule has 1 saturated heterocycles. The van der Waals surface area contributed by atoms with Gasteiger partial charge in [-0.2, -0.15) is 5.10 Å². The van der Waals surface area contributed by atoms with Crippen molar-refractivity contribution in [2.24, 2.45) is 0 Å². The van der Waals surface area contributed by atoms with E-state index in [0.29, 0.717) is 25.5 Å². The van der Waals surface area contributed by atoms with Crippen molar-refractivity contribution in [3.05, 3.63) is 28.9 Å². The van der Waals surface area contributed by atoms with Crippen LogP contribution >= 0.6 is 15.9 Å². The van der Waals surface area contributed by atoms with E-state index in [1.165, 1.54) is 0 Å². The molecule has 1 atom stereocenters. The fourth-order valence-electron chi connectivity index (χ4n) is 3.04. The topological polar surface area (TPSA) is 76.4 Å². The Bertz CT molecular complexity index is 831. The summed E-state index contributed by atoms with van der Waals surface area (Å²) in [6.45, 7) is 11.4. The van der Waals surface area contributed by atoms with Crippen LogP contribution in [-0.2, 0) is 4.74 Å². The van der Waals surface area contributed by atoms with E-state index in [-0.39, 0.29) is 12.1 Å². The van der Waals surface area contributed by atoms with Crippen molar-refractivity contribution >= 4 is 27.8 Å². The van der Waals surface area contributed by atoms with E-state index >= 15 is 0 Å². The Kier molecular flexibility index (Phi) is 5.41. The molecule has 2 aromatic rings. The first-order chi connectivity index (χ1) is 12.6. The predicted octanol–water partition coefficient (Wildman–Crippen LogP) is 3.18. The molecular weight excluding hydrogens is 412 g/mol. The summed E-state index contributed by atoms with van der Waals surface area (Å²) < 4.78 is 8.10. The lowest BCUT2D eigenvalue weighted by atomic mass is 10.1. The number of pyridine rings is 1. The number of amides is 1. The number of ether oxygens (including phenoxy) is 1. The molecule has 3 rings (SSSR count). The Morgan fingerprint density at radius 3 is 2.63 bits per heavy atom. The quantitative estimate of drug-likeness (QED) is 0.719. The largest absolute Gasteiger partial charge is 0.444 e. The van der Waals surface area contributed by atoms with Gasteiger partial charge < -0.3 is 14.5 Å². The minimum atomic E-state index is -0.497. The first-order valence-electron chi connectivity index (χ1n) is 8.93. The van der Waals surface area contributed by atoms with Crippen LogP contribution in [0.3, 0.4) is 0 Å². The number of aromatic nitrogens is 4. The van der Waals surface area contributed by atoms with Gasteiger partial charge in [0.2, 0.25) is 0 Å². The fourth-order valence-corrected chi connectivity index (χ4v) is 3.36. The second-order valence-corrected chi connectivity index (χ2v) is 8.62. The van der Waals surface area contributed by atoms with Gasteiger partial charge in [-0.3, -0.25) is 0 Å². The molecule has 8 nitrogen and oxygen atoms in total. The summed E-state index contributed by atoms with van der Waals surface area (Å²) in [5.41, 5.74) is 0.352. The predicted molar refractivity (Wildman–Crippen MR) is 106 cm³/mol. The highest BCUT2D eigenvalue weighted by Crippen LogP contribution is 2.28. The molecule has 0 aromatic carbocycles. The van der Waals surface area contributed by atoms with Gasteiger partial charge in [0, 0.05) is 36.3 Å². The Hall–Kier alpha value is -2.16. The van der Waals surface area contributed by atoms with Crippen LogP contribution in [0.1, 0.15) is 33.5 Å². The Labute approximate surface area is 167 Å². The van der Waals surface area contributed by atoms with E-state index in [2.05, 4.69) is 42.8 Å². The highest BCUT2D eigenvalue weighted by Gasteiger charge is 2.31. The minimum Gasteiger partial charge on any atom is -0.444 e. The molecule has 2 aromatic heterocycles. The van der Waals surface area contributed by atoms with Gasteiger partial charge >= 0.3 is 6.09 Å². The third-order valence-corrected chi connectivity index (χ3v) is 4.65. The van der Waals surface area contributed by atoms with Crippen LogP contribution < -0.4 is 4.90 Å². The number of carbonyl (C=O) groups is 1. The number of hydrogen-bond donors (Lipinski definition) is 0. The van der Waals surface area contributed by atoms with Crippen molar-refractivity contribution in [2.45, 2.75) is 46.3 Å². The number of rotatable bonds is 2. The van der Waals surface area contributed by atoms with Crippen LogP contribution in [-0.4, -0.2) is 62.0 Å². The monoisotopic (exact) mass is 436 g/mol. The van der Waals surface area contributed by atoms with Crippen molar-refractivity contribution in [1.82, 2.24) is 24.6 Å². The third-order valence-electron chi connectivity index (χ3n) is 4.22. The lowest BCUT2D eigenvalue weighted by Gasteiger charge is -2.41. The highest BCUT2D eigenvalue weighted by molar-refractivity contribution is 9.10. The summed E-state index contributed by atoms with van der Waals surface area (Å²) >= 11 is 3.48. The molecule has 9 heteroatoms. The first kappa shape index (κ1) is 19.6. The van der Waals surface area contributed by atoms with E-state index in [1.54, 1.807) is 22.1 Å². The fraction of sp³-hybridized carbons (Fsp3) is 0.556. The van der Waals surface area contributed by atoms with E-state index in [1.807, 2.05) is 33.8 Å². The summed E-state index contributed by atoms with van der Waals surface area (Å²) in [6, 6.07) is 2.06. The SMILES string of the molecule is Cc1ncn(-c2cc(Br)cnc2N2CCN(C(=O)OC(C)(C)C)C[C@@H]2C)n1. The summed E-state index contributed by atoms with van der Waals surface area (Å²) in [4.78, 5) is 25.2. The van der Waals surface area contributed by atoms with Crippen molar-refractivity contribution < 1.29 is 9.53 Å². The van der Waals surface area contributed by atoms with E-state index in [9.17, 15) is 4.79 Å². The number of hydrogen-bond acceptors (Lipinski definition) is 6. The maximum atomic E-state index is 12.4. The van der Waals surface area contributed by atoms with Gasteiger partial charge in [-0.25, -0.2) is 19.4 Å². The minimum absolute atomic E-state index is 0.0864. The molecule has 27 heavy (non-hydrogen) atoms. The molecule has 0 saturated carbocycles. The second-order valence-electron chi connectivity index (χ2n) is 7.70. The molecule has 146 valence electrons. The summed E-state index contributed by atoms with van der Waals surface area (Å²) in [6.07, 6.45) is 3.18. The van der Waals surface area contributed by atoms with Gasteiger partial charge in [-0.15, -0.1) is 0 Å². The van der Waals surface area contributed by atoms with Crippen molar-refractivity contribution in [1.29, 1.82) is 0 Å². The maximum Gasteiger partial charge on any atom is 0.410 e. The van der Waals surface area contributed by atoms with Gasteiger partial charge in [0.15, 0.2) is 5.82 Å². The summed E-state index contributed by atoms with van der Waals surface area (Å²) in [7, 11) is 0. The van der Waals surface area contributed by atoms with Crippen molar-refractivity contribution in [3.63, 3.8) is 0 Å². The standard InChI is InChI=1S/C18H25BrN6O2/c1-12-10-23(17(26)27-18(3,4)5)6-7-24(12)16-15(8-14(19)9-20-16)25-11-21-13(2)22-25/h8-9,11-12H,6-7,10H2,1-5H3/t12-/m0/s1. The summed E-state index contributed by atoms with van der Waals surface area (Å²) in [5.74, 6) is 1.52. The number of aryl methyl sites for hydroxylation is 1.